The minimum Gasteiger partial charge on any atom is -0.478 e. The van der Waals surface area contributed by atoms with Crippen molar-refractivity contribution >= 4 is 17.3 Å². The molecule has 96 valence electrons. The molecule has 7 heteroatoms. The van der Waals surface area contributed by atoms with Gasteiger partial charge in [0.1, 0.15) is 22.7 Å². The van der Waals surface area contributed by atoms with Gasteiger partial charge in [-0.3, -0.25) is 4.68 Å². The number of aromatic nitrogens is 3. The summed E-state index contributed by atoms with van der Waals surface area (Å²) in [7, 11) is 1.84. The average molecular weight is 275 g/mol. The molecule has 0 aliphatic heterocycles. The molecular formula is C12H9N3O3S. The van der Waals surface area contributed by atoms with Gasteiger partial charge >= 0.3 is 5.97 Å². The first-order valence-electron chi connectivity index (χ1n) is 5.41. The number of carboxylic acids is 1. The van der Waals surface area contributed by atoms with Crippen molar-refractivity contribution in [1.29, 1.82) is 0 Å². The van der Waals surface area contributed by atoms with Crippen molar-refractivity contribution in [2.75, 3.05) is 0 Å². The van der Waals surface area contributed by atoms with E-state index >= 15 is 0 Å². The number of rotatable bonds is 3. The van der Waals surface area contributed by atoms with Crippen LogP contribution < -0.4 is 0 Å². The average Bonchev–Trinajstić information content (AvgIpc) is 3.07. The molecular weight excluding hydrogens is 266 g/mol. The molecule has 3 aromatic rings. The summed E-state index contributed by atoms with van der Waals surface area (Å²) < 4.78 is 6.90. The van der Waals surface area contributed by atoms with Gasteiger partial charge in [0.05, 0.1) is 5.56 Å². The number of aryl methyl sites for hydroxylation is 1. The summed E-state index contributed by atoms with van der Waals surface area (Å²) in [6.07, 6.45) is 3.04. The van der Waals surface area contributed by atoms with Crippen LogP contribution in [-0.4, -0.2) is 25.8 Å². The number of hydrogen-bond acceptors (Lipinski definition) is 5. The summed E-state index contributed by atoms with van der Waals surface area (Å²) in [5.74, 6) is -0.578. The van der Waals surface area contributed by atoms with E-state index in [-0.39, 0.29) is 5.56 Å². The molecule has 0 aliphatic carbocycles. The van der Waals surface area contributed by atoms with Crippen molar-refractivity contribution in [2.24, 2.45) is 7.05 Å². The van der Waals surface area contributed by atoms with Gasteiger partial charge in [-0.1, -0.05) is 0 Å². The molecule has 6 nitrogen and oxygen atoms in total. The third kappa shape index (κ3) is 2.15. The van der Waals surface area contributed by atoms with Crippen molar-refractivity contribution in [3.05, 3.63) is 35.5 Å². The summed E-state index contributed by atoms with van der Waals surface area (Å²) in [5.41, 5.74) is 1.50. The highest BCUT2D eigenvalue weighted by Gasteiger charge is 2.14. The number of nitrogens with zero attached hydrogens (tertiary/aromatic N) is 3. The van der Waals surface area contributed by atoms with Gasteiger partial charge in [-0.15, -0.1) is 11.3 Å². The van der Waals surface area contributed by atoms with Crippen LogP contribution in [0.2, 0.25) is 0 Å². The molecule has 0 fully saturated rings. The number of carboxylic acid groups (broad SMARTS) is 1. The smallest absolute Gasteiger partial charge is 0.338 e. The van der Waals surface area contributed by atoms with Crippen molar-refractivity contribution < 1.29 is 14.3 Å². The zero-order valence-electron chi connectivity index (χ0n) is 9.90. The van der Waals surface area contributed by atoms with Crippen molar-refractivity contribution in [3.63, 3.8) is 0 Å². The van der Waals surface area contributed by atoms with E-state index in [0.717, 1.165) is 10.7 Å². The summed E-state index contributed by atoms with van der Waals surface area (Å²) >= 11 is 1.43. The number of furan rings is 1. The van der Waals surface area contributed by atoms with Crippen LogP contribution in [0.5, 0.6) is 0 Å². The largest absolute Gasteiger partial charge is 0.478 e. The molecule has 0 radical (unpaired) electrons. The quantitative estimate of drug-likeness (QED) is 0.794. The Morgan fingerprint density at radius 1 is 1.47 bits per heavy atom. The Morgan fingerprint density at radius 2 is 2.32 bits per heavy atom. The minimum atomic E-state index is -1.02. The third-order valence-electron chi connectivity index (χ3n) is 2.54. The second kappa shape index (κ2) is 4.36. The van der Waals surface area contributed by atoms with Crippen molar-refractivity contribution in [3.8, 4) is 22.2 Å². The van der Waals surface area contributed by atoms with E-state index in [1.807, 2.05) is 24.7 Å². The van der Waals surface area contributed by atoms with Gasteiger partial charge in [0.2, 0.25) is 0 Å². The Labute approximate surface area is 111 Å². The molecule has 0 amide bonds. The van der Waals surface area contributed by atoms with E-state index in [1.54, 1.807) is 4.68 Å². The molecule has 0 atom stereocenters. The van der Waals surface area contributed by atoms with Gasteiger partial charge in [0.25, 0.3) is 0 Å². The van der Waals surface area contributed by atoms with Crippen LogP contribution >= 0.6 is 11.3 Å². The van der Waals surface area contributed by atoms with E-state index in [0.29, 0.717) is 11.5 Å². The lowest BCUT2D eigenvalue weighted by Crippen LogP contribution is -1.91. The van der Waals surface area contributed by atoms with Crippen molar-refractivity contribution in [1.82, 2.24) is 14.8 Å². The van der Waals surface area contributed by atoms with E-state index in [1.165, 1.54) is 23.7 Å². The molecule has 19 heavy (non-hydrogen) atoms. The summed E-state index contributed by atoms with van der Waals surface area (Å²) in [4.78, 5) is 15.2. The highest BCUT2D eigenvalue weighted by Crippen LogP contribution is 2.28. The van der Waals surface area contributed by atoms with Gasteiger partial charge in [-0.25, -0.2) is 9.78 Å². The number of thiazole rings is 1. The van der Waals surface area contributed by atoms with Gasteiger partial charge < -0.3 is 9.52 Å². The Balaban J connectivity index is 1.94. The molecule has 3 aromatic heterocycles. The Hall–Kier alpha value is -2.41. The molecule has 0 spiro atoms. The maximum atomic E-state index is 10.8. The fourth-order valence-electron chi connectivity index (χ4n) is 1.62. The lowest BCUT2D eigenvalue weighted by Gasteiger charge is -1.89. The molecule has 0 aliphatic rings. The zero-order chi connectivity index (χ0) is 13.4. The molecule has 0 saturated carbocycles. The normalized spacial score (nSPS) is 10.8. The highest BCUT2D eigenvalue weighted by molar-refractivity contribution is 7.13. The van der Waals surface area contributed by atoms with E-state index in [4.69, 9.17) is 9.52 Å². The lowest BCUT2D eigenvalue weighted by molar-refractivity contribution is 0.0696. The molecule has 1 N–H and O–H groups in total. The van der Waals surface area contributed by atoms with Crippen LogP contribution in [0, 0.1) is 0 Å². The second-order valence-electron chi connectivity index (χ2n) is 3.92. The first-order valence-corrected chi connectivity index (χ1v) is 6.29. The fraction of sp³-hybridized carbons (Fsp3) is 0.0833. The molecule has 0 aromatic carbocycles. The zero-order valence-corrected chi connectivity index (χ0v) is 10.7. The van der Waals surface area contributed by atoms with Crippen molar-refractivity contribution in [2.45, 2.75) is 0 Å². The lowest BCUT2D eigenvalue weighted by atomic mass is 10.3. The van der Waals surface area contributed by atoms with Crippen LogP contribution in [0.15, 0.2) is 34.4 Å². The highest BCUT2D eigenvalue weighted by atomic mass is 32.1. The van der Waals surface area contributed by atoms with E-state index in [9.17, 15) is 4.79 Å². The summed E-state index contributed by atoms with van der Waals surface area (Å²) in [6, 6.07) is 3.33. The number of aromatic carboxylic acids is 1. The van der Waals surface area contributed by atoms with Crippen LogP contribution in [-0.2, 0) is 7.05 Å². The fourth-order valence-corrected chi connectivity index (χ4v) is 2.39. The first kappa shape index (κ1) is 11.7. The topological polar surface area (TPSA) is 81.2 Å². The van der Waals surface area contributed by atoms with Gasteiger partial charge in [0, 0.05) is 24.7 Å². The molecule has 3 heterocycles. The monoisotopic (exact) mass is 275 g/mol. The first-order chi connectivity index (χ1) is 9.13. The van der Waals surface area contributed by atoms with E-state index in [2.05, 4.69) is 10.1 Å². The summed E-state index contributed by atoms with van der Waals surface area (Å²) in [6.45, 7) is 0. The SMILES string of the molecule is Cn1ccc(-c2nc(-c3cc(C(=O)O)co3)cs2)n1. The van der Waals surface area contributed by atoms with Gasteiger partial charge in [-0.05, 0) is 6.07 Å². The predicted molar refractivity (Wildman–Crippen MR) is 69.0 cm³/mol. The maximum Gasteiger partial charge on any atom is 0.338 e. The van der Waals surface area contributed by atoms with E-state index < -0.39 is 5.97 Å². The third-order valence-corrected chi connectivity index (χ3v) is 3.40. The van der Waals surface area contributed by atoms with Crippen LogP contribution in [0.4, 0.5) is 0 Å². The van der Waals surface area contributed by atoms with Crippen LogP contribution in [0.25, 0.3) is 22.2 Å². The Kier molecular flexibility index (Phi) is 2.68. The van der Waals surface area contributed by atoms with Gasteiger partial charge in [-0.2, -0.15) is 5.10 Å². The van der Waals surface area contributed by atoms with Gasteiger partial charge in [0.15, 0.2) is 5.76 Å². The second-order valence-corrected chi connectivity index (χ2v) is 4.78. The van der Waals surface area contributed by atoms with Crippen LogP contribution in [0.1, 0.15) is 10.4 Å². The molecule has 0 unspecified atom stereocenters. The molecule has 0 bridgehead atoms. The predicted octanol–water partition coefficient (Wildman–Crippen LogP) is 2.50. The maximum absolute atomic E-state index is 10.8. The number of carbonyl (C=O) groups is 1. The Morgan fingerprint density at radius 3 is 2.95 bits per heavy atom. The molecule has 3 rings (SSSR count). The summed E-state index contributed by atoms with van der Waals surface area (Å²) in [5, 5.41) is 15.7. The number of hydrogen-bond donors (Lipinski definition) is 1. The van der Waals surface area contributed by atoms with Crippen LogP contribution in [0.3, 0.4) is 0 Å². The molecule has 0 saturated heterocycles. The Bertz CT molecular complexity index is 741. The minimum absolute atomic E-state index is 0.113. The standard InChI is InChI=1S/C12H9N3O3S/c1-15-3-2-8(14-15)11-13-9(6-19-11)10-4-7(5-18-10)12(16)17/h2-6H,1H3,(H,16,17).